The van der Waals surface area contributed by atoms with Crippen molar-refractivity contribution in [1.29, 1.82) is 0 Å². The first-order valence-corrected chi connectivity index (χ1v) is 7.73. The zero-order valence-electron chi connectivity index (χ0n) is 13.3. The number of amides is 2. The highest BCUT2D eigenvalue weighted by Gasteiger charge is 2.38. The van der Waals surface area contributed by atoms with Gasteiger partial charge in [-0.2, -0.15) is 0 Å². The molecule has 2 saturated heterocycles. The number of piperazine rings is 1. The van der Waals surface area contributed by atoms with E-state index in [1.807, 2.05) is 6.92 Å². The largest absolute Gasteiger partial charge is 0.337 e. The highest BCUT2D eigenvalue weighted by Crippen LogP contribution is 2.28. The quantitative estimate of drug-likeness (QED) is 0.872. The van der Waals surface area contributed by atoms with Gasteiger partial charge in [0.05, 0.1) is 5.92 Å². The van der Waals surface area contributed by atoms with Gasteiger partial charge in [0.1, 0.15) is 11.6 Å². The zero-order valence-corrected chi connectivity index (χ0v) is 14.1. The molecule has 0 aromatic heterocycles. The molecule has 2 fully saturated rings. The molecule has 2 atom stereocenters. The van der Waals surface area contributed by atoms with Gasteiger partial charge in [0.15, 0.2) is 0 Å². The molecule has 3 rings (SSSR count). The summed E-state index contributed by atoms with van der Waals surface area (Å²) in [6.07, 6.45) is 0.0770. The van der Waals surface area contributed by atoms with Crippen molar-refractivity contribution in [2.45, 2.75) is 19.4 Å². The summed E-state index contributed by atoms with van der Waals surface area (Å²) in [7, 11) is 0. The first-order chi connectivity index (χ1) is 11.0. The lowest BCUT2D eigenvalue weighted by molar-refractivity contribution is -0.138. The highest BCUT2D eigenvalue weighted by molar-refractivity contribution is 6.00. The van der Waals surface area contributed by atoms with Crippen molar-refractivity contribution in [3.05, 3.63) is 29.8 Å². The predicted octanol–water partition coefficient (Wildman–Crippen LogP) is 1.56. The minimum atomic E-state index is -0.738. The number of hydrogen-bond acceptors (Lipinski definition) is 3. The van der Waals surface area contributed by atoms with E-state index in [0.717, 1.165) is 31.3 Å². The standard InChI is InChI=1S/C16H19F2N3O2.ClH/c1-10-8-19-2-3-20(10)16(23)11-4-15(22)21(9-11)14-6-12(17)5-13(18)7-14;/h5-7,10-11,19H,2-4,8-9H2,1H3;1H/t10-,11?;/m0./s1. The normalized spacial score (nSPS) is 24.0. The molecule has 1 aromatic rings. The van der Waals surface area contributed by atoms with E-state index in [9.17, 15) is 18.4 Å². The van der Waals surface area contributed by atoms with Gasteiger partial charge in [-0.3, -0.25) is 9.59 Å². The van der Waals surface area contributed by atoms with Gasteiger partial charge in [0.25, 0.3) is 0 Å². The third-order valence-electron chi connectivity index (χ3n) is 4.42. The maximum absolute atomic E-state index is 13.3. The third kappa shape index (κ3) is 3.67. The number of carbonyl (C=O) groups is 2. The van der Waals surface area contributed by atoms with Gasteiger partial charge in [-0.05, 0) is 19.1 Å². The van der Waals surface area contributed by atoms with Crippen molar-refractivity contribution in [1.82, 2.24) is 10.2 Å². The lowest BCUT2D eigenvalue weighted by atomic mass is 10.1. The lowest BCUT2D eigenvalue weighted by Gasteiger charge is -2.35. The Morgan fingerprint density at radius 1 is 1.25 bits per heavy atom. The van der Waals surface area contributed by atoms with Crippen LogP contribution in [0.5, 0.6) is 0 Å². The number of nitrogens with one attached hydrogen (secondary N) is 1. The molecule has 132 valence electrons. The van der Waals surface area contributed by atoms with Crippen LogP contribution < -0.4 is 10.2 Å². The van der Waals surface area contributed by atoms with E-state index >= 15 is 0 Å². The number of carbonyl (C=O) groups excluding carboxylic acids is 2. The second-order valence-electron chi connectivity index (χ2n) is 6.12. The molecule has 0 bridgehead atoms. The van der Waals surface area contributed by atoms with E-state index in [2.05, 4.69) is 5.32 Å². The molecule has 1 unspecified atom stereocenters. The van der Waals surface area contributed by atoms with Crippen LogP contribution in [0.2, 0.25) is 0 Å². The number of benzene rings is 1. The van der Waals surface area contributed by atoms with Crippen LogP contribution in [0.4, 0.5) is 14.5 Å². The summed E-state index contributed by atoms with van der Waals surface area (Å²) in [5, 5.41) is 3.21. The van der Waals surface area contributed by atoms with Crippen LogP contribution in [0.1, 0.15) is 13.3 Å². The molecule has 24 heavy (non-hydrogen) atoms. The zero-order chi connectivity index (χ0) is 16.6. The first-order valence-electron chi connectivity index (χ1n) is 7.73. The average molecular weight is 360 g/mol. The summed E-state index contributed by atoms with van der Waals surface area (Å²) in [5.41, 5.74) is 0.163. The summed E-state index contributed by atoms with van der Waals surface area (Å²) < 4.78 is 26.7. The van der Waals surface area contributed by atoms with Crippen molar-refractivity contribution in [3.8, 4) is 0 Å². The second kappa shape index (κ2) is 7.44. The van der Waals surface area contributed by atoms with Crippen LogP contribution in [0.25, 0.3) is 0 Å². The monoisotopic (exact) mass is 359 g/mol. The number of rotatable bonds is 2. The molecule has 5 nitrogen and oxygen atoms in total. The Balaban J connectivity index is 0.00000208. The lowest BCUT2D eigenvalue weighted by Crippen LogP contribution is -2.54. The fraction of sp³-hybridized carbons (Fsp3) is 0.500. The third-order valence-corrected chi connectivity index (χ3v) is 4.42. The van der Waals surface area contributed by atoms with E-state index in [0.29, 0.717) is 6.54 Å². The van der Waals surface area contributed by atoms with Gasteiger partial charge < -0.3 is 15.1 Å². The van der Waals surface area contributed by atoms with E-state index in [1.54, 1.807) is 4.90 Å². The molecule has 2 aliphatic rings. The summed E-state index contributed by atoms with van der Waals surface area (Å²) in [6, 6.07) is 3.06. The topological polar surface area (TPSA) is 52.7 Å². The highest BCUT2D eigenvalue weighted by atomic mass is 35.5. The fourth-order valence-electron chi connectivity index (χ4n) is 3.22. The Morgan fingerprint density at radius 3 is 2.54 bits per heavy atom. The van der Waals surface area contributed by atoms with E-state index < -0.39 is 17.6 Å². The summed E-state index contributed by atoms with van der Waals surface area (Å²) in [5.74, 6) is -2.28. The molecule has 2 heterocycles. The Kier molecular flexibility index (Phi) is 5.77. The van der Waals surface area contributed by atoms with Crippen LogP contribution in [0.3, 0.4) is 0 Å². The fourth-order valence-corrected chi connectivity index (χ4v) is 3.22. The number of halogens is 3. The minimum Gasteiger partial charge on any atom is -0.337 e. The second-order valence-corrected chi connectivity index (χ2v) is 6.12. The smallest absolute Gasteiger partial charge is 0.228 e. The van der Waals surface area contributed by atoms with Crippen LogP contribution in [-0.2, 0) is 9.59 Å². The van der Waals surface area contributed by atoms with E-state index in [1.165, 1.54) is 4.90 Å². The summed E-state index contributed by atoms with van der Waals surface area (Å²) in [4.78, 5) is 27.9. The van der Waals surface area contributed by atoms with Gasteiger partial charge in [-0.1, -0.05) is 0 Å². The Morgan fingerprint density at radius 2 is 1.92 bits per heavy atom. The van der Waals surface area contributed by atoms with Gasteiger partial charge in [0.2, 0.25) is 11.8 Å². The van der Waals surface area contributed by atoms with Crippen molar-refractivity contribution < 1.29 is 18.4 Å². The molecule has 0 radical (unpaired) electrons. The van der Waals surface area contributed by atoms with Crippen molar-refractivity contribution >= 4 is 29.9 Å². The molecular formula is C16H20ClF2N3O2. The maximum Gasteiger partial charge on any atom is 0.228 e. The molecular weight excluding hydrogens is 340 g/mol. The molecule has 2 aliphatic heterocycles. The van der Waals surface area contributed by atoms with E-state index in [-0.39, 0.29) is 48.9 Å². The maximum atomic E-state index is 13.3. The summed E-state index contributed by atoms with van der Waals surface area (Å²) in [6.45, 7) is 4.19. The van der Waals surface area contributed by atoms with Crippen LogP contribution in [-0.4, -0.2) is 48.9 Å². The molecule has 0 aliphatic carbocycles. The molecule has 1 aromatic carbocycles. The van der Waals surface area contributed by atoms with Crippen LogP contribution >= 0.6 is 12.4 Å². The van der Waals surface area contributed by atoms with Gasteiger partial charge in [-0.25, -0.2) is 8.78 Å². The Labute approximate surface area is 145 Å². The Bertz CT molecular complexity index is 623. The van der Waals surface area contributed by atoms with E-state index in [4.69, 9.17) is 0 Å². The summed E-state index contributed by atoms with van der Waals surface area (Å²) >= 11 is 0. The minimum absolute atomic E-state index is 0. The van der Waals surface area contributed by atoms with Crippen molar-refractivity contribution in [2.75, 3.05) is 31.1 Å². The average Bonchev–Trinajstić information content (AvgIpc) is 2.88. The van der Waals surface area contributed by atoms with Crippen LogP contribution in [0, 0.1) is 17.6 Å². The SMILES string of the molecule is C[C@H]1CNCCN1C(=O)C1CC(=O)N(c2cc(F)cc(F)c2)C1.Cl. The first kappa shape index (κ1) is 18.6. The van der Waals surface area contributed by atoms with Gasteiger partial charge in [0, 0.05) is 50.4 Å². The van der Waals surface area contributed by atoms with Crippen molar-refractivity contribution in [3.63, 3.8) is 0 Å². The molecule has 1 N–H and O–H groups in total. The van der Waals surface area contributed by atoms with Crippen LogP contribution in [0.15, 0.2) is 18.2 Å². The molecule has 8 heteroatoms. The molecule has 0 spiro atoms. The Hall–Kier alpha value is -1.73. The predicted molar refractivity (Wildman–Crippen MR) is 88.1 cm³/mol. The number of anilines is 1. The van der Waals surface area contributed by atoms with Gasteiger partial charge in [-0.15, -0.1) is 12.4 Å². The molecule has 2 amide bonds. The molecule has 0 saturated carbocycles. The number of hydrogen-bond donors (Lipinski definition) is 1. The number of nitrogens with zero attached hydrogens (tertiary/aromatic N) is 2. The van der Waals surface area contributed by atoms with Gasteiger partial charge >= 0.3 is 0 Å². The van der Waals surface area contributed by atoms with Crippen molar-refractivity contribution in [2.24, 2.45) is 5.92 Å².